The fourth-order valence-electron chi connectivity index (χ4n) is 3.38. The van der Waals surface area contributed by atoms with Crippen LogP contribution >= 0.6 is 0 Å². The summed E-state index contributed by atoms with van der Waals surface area (Å²) in [5.41, 5.74) is 13.7. The highest BCUT2D eigenvalue weighted by Crippen LogP contribution is 2.33. The van der Waals surface area contributed by atoms with Gasteiger partial charge in [-0.3, -0.25) is 4.84 Å². The summed E-state index contributed by atoms with van der Waals surface area (Å²) in [7, 11) is 0. The van der Waals surface area contributed by atoms with Crippen LogP contribution in [0.3, 0.4) is 0 Å². The van der Waals surface area contributed by atoms with Gasteiger partial charge in [0.2, 0.25) is 0 Å². The summed E-state index contributed by atoms with van der Waals surface area (Å²) in [4.78, 5) is 13.9. The minimum Gasteiger partial charge on any atom is -0.383 e. The third-order valence-corrected chi connectivity index (χ3v) is 4.57. The maximum atomic E-state index is 6.47. The van der Waals surface area contributed by atoms with E-state index in [1.54, 1.807) is 16.9 Å². The molecule has 1 aliphatic rings. The van der Waals surface area contributed by atoms with Gasteiger partial charge in [-0.15, -0.1) is 0 Å². The summed E-state index contributed by atoms with van der Waals surface area (Å²) in [6.45, 7) is 2.35. The largest absolute Gasteiger partial charge is 0.383 e. The molecule has 128 valence electrons. The first-order valence-electron chi connectivity index (χ1n) is 8.27. The second kappa shape index (κ2) is 5.53. The lowest BCUT2D eigenvalue weighted by atomic mass is 9.97. The molecule has 5 rings (SSSR count). The van der Waals surface area contributed by atoms with Gasteiger partial charge in [-0.1, -0.05) is 36.4 Å². The molecule has 0 aliphatic carbocycles. The van der Waals surface area contributed by atoms with Gasteiger partial charge in [-0.25, -0.2) is 15.5 Å². The molecule has 7 heteroatoms. The Morgan fingerprint density at radius 2 is 2.00 bits per heavy atom. The van der Waals surface area contributed by atoms with Gasteiger partial charge >= 0.3 is 0 Å². The number of amidine groups is 1. The van der Waals surface area contributed by atoms with E-state index in [0.717, 1.165) is 22.1 Å². The van der Waals surface area contributed by atoms with Crippen molar-refractivity contribution in [2.24, 2.45) is 4.99 Å². The van der Waals surface area contributed by atoms with Crippen molar-refractivity contribution in [3.63, 3.8) is 0 Å². The van der Waals surface area contributed by atoms with Gasteiger partial charge < -0.3 is 5.73 Å². The number of aryl methyl sites for hydroxylation is 1. The number of benzene rings is 2. The number of aliphatic imine (C=N–C) groups is 1. The van der Waals surface area contributed by atoms with Crippen molar-refractivity contribution in [2.75, 3.05) is 12.5 Å². The molecule has 1 aliphatic heterocycles. The number of hydrogen-bond donors (Lipinski definition) is 2. The fourth-order valence-corrected chi connectivity index (χ4v) is 3.38. The van der Waals surface area contributed by atoms with Crippen molar-refractivity contribution in [1.82, 2.24) is 20.1 Å². The Labute approximate surface area is 149 Å². The Kier molecular flexibility index (Phi) is 3.16. The molecule has 0 unspecified atom stereocenters. The molecule has 0 radical (unpaired) electrons. The molecule has 0 amide bonds. The van der Waals surface area contributed by atoms with Crippen molar-refractivity contribution in [3.05, 3.63) is 59.9 Å². The van der Waals surface area contributed by atoms with Crippen LogP contribution in [0.4, 0.5) is 5.82 Å². The summed E-state index contributed by atoms with van der Waals surface area (Å²) in [6, 6.07) is 12.5. The van der Waals surface area contributed by atoms with E-state index in [2.05, 4.69) is 51.7 Å². The average molecular weight is 344 g/mol. The molecule has 0 saturated carbocycles. The molecule has 7 nitrogen and oxygen atoms in total. The molecule has 3 heterocycles. The monoisotopic (exact) mass is 344 g/mol. The number of hydroxylamine groups is 1. The second-order valence-electron chi connectivity index (χ2n) is 6.27. The number of nitrogens with one attached hydrogen (secondary N) is 1. The zero-order valence-corrected chi connectivity index (χ0v) is 14.1. The number of nitrogen functional groups attached to an aromatic ring is 1. The molecule has 0 spiro atoms. The van der Waals surface area contributed by atoms with E-state index in [-0.39, 0.29) is 6.73 Å². The van der Waals surface area contributed by atoms with E-state index in [0.29, 0.717) is 17.3 Å². The van der Waals surface area contributed by atoms with Gasteiger partial charge in [0.25, 0.3) is 0 Å². The topological polar surface area (TPSA) is 89.8 Å². The van der Waals surface area contributed by atoms with Crippen molar-refractivity contribution in [3.8, 4) is 11.1 Å². The minimum absolute atomic E-state index is 0.273. The van der Waals surface area contributed by atoms with E-state index in [1.807, 2.05) is 12.1 Å². The standard InChI is InChI=1S/C19H16N6O/c1-11-6-12-4-2-3-5-13(12)14(7-11)15-8-21-19-16(18-22-10-26-24-18)9-23-25(19)17(15)20/h2-9H,10,20H2,1H3,(H,22,24). The van der Waals surface area contributed by atoms with Crippen LogP contribution in [0.5, 0.6) is 0 Å². The molecule has 3 N–H and O–H groups in total. The van der Waals surface area contributed by atoms with Crippen LogP contribution in [-0.4, -0.2) is 27.2 Å². The Hall–Kier alpha value is -3.45. The van der Waals surface area contributed by atoms with Crippen LogP contribution < -0.4 is 11.2 Å². The maximum Gasteiger partial charge on any atom is 0.168 e. The number of nitrogens with two attached hydrogens (primary N) is 1. The summed E-state index contributed by atoms with van der Waals surface area (Å²) >= 11 is 0. The van der Waals surface area contributed by atoms with Crippen LogP contribution in [-0.2, 0) is 4.84 Å². The number of rotatable bonds is 2. The molecule has 2 aromatic heterocycles. The molecule has 0 saturated heterocycles. The molecule has 0 atom stereocenters. The predicted molar refractivity (Wildman–Crippen MR) is 101 cm³/mol. The van der Waals surface area contributed by atoms with E-state index in [4.69, 9.17) is 10.6 Å². The maximum absolute atomic E-state index is 6.47. The van der Waals surface area contributed by atoms with Gasteiger partial charge in [-0.2, -0.15) is 9.61 Å². The minimum atomic E-state index is 0.273. The summed E-state index contributed by atoms with van der Waals surface area (Å²) in [5, 5.41) is 6.71. The average Bonchev–Trinajstić information content (AvgIpc) is 3.31. The summed E-state index contributed by atoms with van der Waals surface area (Å²) < 4.78 is 1.64. The van der Waals surface area contributed by atoms with Crippen LogP contribution in [0.25, 0.3) is 27.5 Å². The Morgan fingerprint density at radius 1 is 1.12 bits per heavy atom. The highest BCUT2D eigenvalue weighted by atomic mass is 16.7. The first-order valence-corrected chi connectivity index (χ1v) is 8.27. The smallest absolute Gasteiger partial charge is 0.168 e. The lowest BCUT2D eigenvalue weighted by Gasteiger charge is -2.12. The molecule has 26 heavy (non-hydrogen) atoms. The molecular weight excluding hydrogens is 328 g/mol. The SMILES string of the molecule is Cc1cc(-c2cnc3c(C4=NCON4)cnn3c2N)c2ccccc2c1. The van der Waals surface area contributed by atoms with Gasteiger partial charge in [0.05, 0.1) is 11.8 Å². The second-order valence-corrected chi connectivity index (χ2v) is 6.27. The normalized spacial score (nSPS) is 14.0. The number of fused-ring (bicyclic) bond motifs is 2. The number of nitrogens with zero attached hydrogens (tertiary/aromatic N) is 4. The third-order valence-electron chi connectivity index (χ3n) is 4.57. The van der Waals surface area contributed by atoms with Crippen LogP contribution in [0.2, 0.25) is 0 Å². The highest BCUT2D eigenvalue weighted by molar-refractivity contribution is 6.04. The van der Waals surface area contributed by atoms with E-state index < -0.39 is 0 Å². The predicted octanol–water partition coefficient (Wildman–Crippen LogP) is 2.68. The first-order chi connectivity index (χ1) is 12.7. The lowest BCUT2D eigenvalue weighted by molar-refractivity contribution is 0.115. The number of hydrogen-bond acceptors (Lipinski definition) is 6. The van der Waals surface area contributed by atoms with E-state index in [1.165, 1.54) is 10.9 Å². The number of aromatic nitrogens is 3. The molecular formula is C19H16N6O. The zero-order chi connectivity index (χ0) is 17.7. The van der Waals surface area contributed by atoms with Crippen LogP contribution in [0.1, 0.15) is 11.1 Å². The van der Waals surface area contributed by atoms with Gasteiger partial charge in [-0.05, 0) is 28.8 Å². The van der Waals surface area contributed by atoms with Gasteiger partial charge in [0, 0.05) is 11.8 Å². The fraction of sp³-hybridized carbons (Fsp3) is 0.105. The Bertz CT molecular complexity index is 1190. The quantitative estimate of drug-likeness (QED) is 0.583. The Balaban J connectivity index is 1.75. The van der Waals surface area contributed by atoms with Gasteiger partial charge in [0.15, 0.2) is 18.2 Å². The van der Waals surface area contributed by atoms with Crippen molar-refractivity contribution in [2.45, 2.75) is 6.92 Å². The summed E-state index contributed by atoms with van der Waals surface area (Å²) in [6.07, 6.45) is 3.49. The Morgan fingerprint density at radius 3 is 2.85 bits per heavy atom. The number of anilines is 1. The molecule has 4 aromatic rings. The van der Waals surface area contributed by atoms with Crippen molar-refractivity contribution in [1.29, 1.82) is 0 Å². The lowest BCUT2D eigenvalue weighted by Crippen LogP contribution is -2.17. The molecule has 0 bridgehead atoms. The third kappa shape index (κ3) is 2.14. The zero-order valence-electron chi connectivity index (χ0n) is 14.1. The van der Waals surface area contributed by atoms with E-state index in [9.17, 15) is 0 Å². The van der Waals surface area contributed by atoms with Crippen molar-refractivity contribution < 1.29 is 4.84 Å². The van der Waals surface area contributed by atoms with Crippen LogP contribution in [0.15, 0.2) is 53.8 Å². The van der Waals surface area contributed by atoms with Crippen LogP contribution in [0, 0.1) is 6.92 Å². The first kappa shape index (κ1) is 14.9. The van der Waals surface area contributed by atoms with Crippen molar-refractivity contribution >= 4 is 28.1 Å². The summed E-state index contributed by atoms with van der Waals surface area (Å²) in [5.74, 6) is 1.15. The van der Waals surface area contributed by atoms with E-state index >= 15 is 0 Å². The molecule has 0 fully saturated rings. The van der Waals surface area contributed by atoms with Gasteiger partial charge in [0.1, 0.15) is 5.82 Å². The highest BCUT2D eigenvalue weighted by Gasteiger charge is 2.19. The molecule has 2 aromatic carbocycles.